The standard InChI is InChI=1S/C22H27N3O6/c1-5-15(3)31-20-10-8-17(12-21(20)29-4)13-23-24-22(26)14-30-19-9-7-16(6-2)11-18(19)25(27)28/h7-13,15H,5-6,14H2,1-4H3,(H,24,26)/b23-13-/t15-/m1/s1. The normalized spacial score (nSPS) is 11.7. The van der Waals surface area contributed by atoms with Crippen LogP contribution in [0, 0.1) is 10.1 Å². The van der Waals surface area contributed by atoms with Crippen LogP contribution in [-0.2, 0) is 11.2 Å². The van der Waals surface area contributed by atoms with Gasteiger partial charge in [-0.05, 0) is 55.2 Å². The second-order valence-electron chi connectivity index (χ2n) is 6.74. The number of hydrazone groups is 1. The maximum atomic E-state index is 12.0. The molecule has 9 heteroatoms. The number of ether oxygens (including phenoxy) is 3. The molecule has 1 atom stereocenters. The number of nitro benzene ring substituents is 1. The van der Waals surface area contributed by atoms with Crippen LogP contribution in [0.25, 0.3) is 0 Å². The van der Waals surface area contributed by atoms with E-state index in [1.165, 1.54) is 18.3 Å². The smallest absolute Gasteiger partial charge is 0.311 e. The molecule has 1 amide bonds. The zero-order chi connectivity index (χ0) is 22.8. The van der Waals surface area contributed by atoms with Gasteiger partial charge in [0.2, 0.25) is 0 Å². The van der Waals surface area contributed by atoms with E-state index in [0.717, 1.165) is 12.0 Å². The summed E-state index contributed by atoms with van der Waals surface area (Å²) in [5.74, 6) is 0.667. The Hall–Kier alpha value is -3.62. The molecule has 31 heavy (non-hydrogen) atoms. The summed E-state index contributed by atoms with van der Waals surface area (Å²) in [7, 11) is 1.55. The molecule has 2 rings (SSSR count). The monoisotopic (exact) mass is 429 g/mol. The van der Waals surface area contributed by atoms with Gasteiger partial charge in [0.1, 0.15) is 0 Å². The van der Waals surface area contributed by atoms with E-state index in [0.29, 0.717) is 23.5 Å². The van der Waals surface area contributed by atoms with Crippen LogP contribution in [0.3, 0.4) is 0 Å². The average molecular weight is 429 g/mol. The van der Waals surface area contributed by atoms with Gasteiger partial charge in [0.25, 0.3) is 5.91 Å². The summed E-state index contributed by atoms with van der Waals surface area (Å²) in [4.78, 5) is 22.6. The summed E-state index contributed by atoms with van der Waals surface area (Å²) in [6.45, 7) is 5.49. The molecule has 0 saturated carbocycles. The minimum atomic E-state index is -0.547. The van der Waals surface area contributed by atoms with E-state index in [1.807, 2.05) is 20.8 Å². The Morgan fingerprint density at radius 3 is 2.58 bits per heavy atom. The van der Waals surface area contributed by atoms with Gasteiger partial charge >= 0.3 is 5.69 Å². The average Bonchev–Trinajstić information content (AvgIpc) is 2.78. The summed E-state index contributed by atoms with van der Waals surface area (Å²) < 4.78 is 16.4. The molecule has 0 bridgehead atoms. The van der Waals surface area contributed by atoms with Gasteiger partial charge in [-0.1, -0.05) is 19.9 Å². The molecule has 166 valence electrons. The number of amides is 1. The number of nitrogens with one attached hydrogen (secondary N) is 1. The first-order chi connectivity index (χ1) is 14.9. The molecule has 0 fully saturated rings. The lowest BCUT2D eigenvalue weighted by Crippen LogP contribution is -2.24. The lowest BCUT2D eigenvalue weighted by atomic mass is 10.1. The molecule has 2 aromatic carbocycles. The van der Waals surface area contributed by atoms with Gasteiger partial charge in [0.15, 0.2) is 23.9 Å². The van der Waals surface area contributed by atoms with Crippen LogP contribution < -0.4 is 19.6 Å². The van der Waals surface area contributed by atoms with E-state index in [4.69, 9.17) is 14.2 Å². The van der Waals surface area contributed by atoms with Gasteiger partial charge in [-0.3, -0.25) is 14.9 Å². The fourth-order valence-corrected chi connectivity index (χ4v) is 2.56. The maximum absolute atomic E-state index is 12.0. The molecule has 1 N–H and O–H groups in total. The van der Waals surface area contributed by atoms with Crippen molar-refractivity contribution in [3.05, 3.63) is 57.6 Å². The van der Waals surface area contributed by atoms with Crippen molar-refractivity contribution in [2.75, 3.05) is 13.7 Å². The highest BCUT2D eigenvalue weighted by molar-refractivity contribution is 5.83. The number of nitrogens with zero attached hydrogens (tertiary/aromatic N) is 2. The quantitative estimate of drug-likeness (QED) is 0.330. The zero-order valence-corrected chi connectivity index (χ0v) is 18.1. The van der Waals surface area contributed by atoms with Gasteiger partial charge in [-0.2, -0.15) is 5.10 Å². The molecule has 0 heterocycles. The highest BCUT2D eigenvalue weighted by Crippen LogP contribution is 2.29. The lowest BCUT2D eigenvalue weighted by molar-refractivity contribution is -0.385. The van der Waals surface area contributed by atoms with Crippen molar-refractivity contribution in [2.24, 2.45) is 5.10 Å². The third-order valence-corrected chi connectivity index (χ3v) is 4.48. The van der Waals surface area contributed by atoms with Crippen LogP contribution in [0.4, 0.5) is 5.69 Å². The lowest BCUT2D eigenvalue weighted by Gasteiger charge is -2.15. The predicted molar refractivity (Wildman–Crippen MR) is 117 cm³/mol. The molecule has 2 aromatic rings. The summed E-state index contributed by atoms with van der Waals surface area (Å²) in [5, 5.41) is 15.1. The van der Waals surface area contributed by atoms with Crippen LogP contribution in [0.5, 0.6) is 17.2 Å². The number of methoxy groups -OCH3 is 1. The fourth-order valence-electron chi connectivity index (χ4n) is 2.56. The topological polar surface area (TPSA) is 112 Å². The minimum absolute atomic E-state index is 0.0305. The second-order valence-corrected chi connectivity index (χ2v) is 6.74. The summed E-state index contributed by atoms with van der Waals surface area (Å²) in [6.07, 6.45) is 3.03. The van der Waals surface area contributed by atoms with Crippen molar-refractivity contribution in [3.8, 4) is 17.2 Å². The first-order valence-electron chi connectivity index (χ1n) is 9.94. The maximum Gasteiger partial charge on any atom is 0.311 e. The van der Waals surface area contributed by atoms with Crippen LogP contribution in [0.15, 0.2) is 41.5 Å². The zero-order valence-electron chi connectivity index (χ0n) is 18.1. The molecular formula is C22H27N3O6. The van der Waals surface area contributed by atoms with Crippen molar-refractivity contribution in [1.29, 1.82) is 0 Å². The van der Waals surface area contributed by atoms with Crippen molar-refractivity contribution in [3.63, 3.8) is 0 Å². The first-order valence-corrected chi connectivity index (χ1v) is 9.94. The Kier molecular flexibility index (Phi) is 8.80. The Labute approximate surface area is 181 Å². The molecule has 0 aliphatic rings. The Morgan fingerprint density at radius 2 is 1.94 bits per heavy atom. The van der Waals surface area contributed by atoms with E-state index in [-0.39, 0.29) is 17.5 Å². The predicted octanol–water partition coefficient (Wildman–Crippen LogP) is 3.87. The van der Waals surface area contributed by atoms with E-state index in [1.54, 1.807) is 31.4 Å². The molecule has 0 aromatic heterocycles. The number of nitro groups is 1. The molecular weight excluding hydrogens is 402 g/mol. The number of hydrogen-bond acceptors (Lipinski definition) is 7. The van der Waals surface area contributed by atoms with E-state index < -0.39 is 17.4 Å². The van der Waals surface area contributed by atoms with Crippen LogP contribution in [-0.4, -0.2) is 36.9 Å². The molecule has 9 nitrogen and oxygen atoms in total. The number of aryl methyl sites for hydroxylation is 1. The van der Waals surface area contributed by atoms with Gasteiger partial charge in [-0.25, -0.2) is 5.43 Å². The van der Waals surface area contributed by atoms with Crippen molar-refractivity contribution in [2.45, 2.75) is 39.7 Å². The van der Waals surface area contributed by atoms with E-state index in [9.17, 15) is 14.9 Å². The number of carbonyl (C=O) groups is 1. The highest BCUT2D eigenvalue weighted by atomic mass is 16.6. The van der Waals surface area contributed by atoms with Crippen molar-refractivity contribution < 1.29 is 23.9 Å². The first kappa shape index (κ1) is 23.7. The Bertz CT molecular complexity index is 945. The van der Waals surface area contributed by atoms with Gasteiger partial charge in [0, 0.05) is 6.07 Å². The van der Waals surface area contributed by atoms with Gasteiger partial charge in [-0.15, -0.1) is 0 Å². The number of rotatable bonds is 11. The summed E-state index contributed by atoms with van der Waals surface area (Å²) >= 11 is 0. The molecule has 0 unspecified atom stereocenters. The molecule has 0 aliphatic carbocycles. The minimum Gasteiger partial charge on any atom is -0.493 e. The SMILES string of the molecule is CCc1ccc(OCC(=O)N/N=C\c2ccc(O[C@H](C)CC)c(OC)c2)c([N+](=O)[O-])c1. The van der Waals surface area contributed by atoms with Crippen LogP contribution in [0.1, 0.15) is 38.3 Å². The summed E-state index contributed by atoms with van der Waals surface area (Å²) in [6, 6.07) is 9.94. The third-order valence-electron chi connectivity index (χ3n) is 4.48. The fraction of sp³-hybridized carbons (Fsp3) is 0.364. The number of carbonyl (C=O) groups excluding carboxylic acids is 1. The van der Waals surface area contributed by atoms with Gasteiger partial charge in [0.05, 0.1) is 24.4 Å². The van der Waals surface area contributed by atoms with Crippen LogP contribution >= 0.6 is 0 Å². The Balaban J connectivity index is 1.95. The highest BCUT2D eigenvalue weighted by Gasteiger charge is 2.16. The van der Waals surface area contributed by atoms with Crippen molar-refractivity contribution >= 4 is 17.8 Å². The third kappa shape index (κ3) is 6.98. The van der Waals surface area contributed by atoms with Crippen molar-refractivity contribution in [1.82, 2.24) is 5.43 Å². The number of benzene rings is 2. The van der Waals surface area contributed by atoms with E-state index >= 15 is 0 Å². The van der Waals surface area contributed by atoms with Gasteiger partial charge < -0.3 is 14.2 Å². The molecule has 0 aliphatic heterocycles. The largest absolute Gasteiger partial charge is 0.493 e. The van der Waals surface area contributed by atoms with E-state index in [2.05, 4.69) is 10.5 Å². The Morgan fingerprint density at radius 1 is 1.19 bits per heavy atom. The molecule has 0 radical (unpaired) electrons. The van der Waals surface area contributed by atoms with Crippen LogP contribution in [0.2, 0.25) is 0 Å². The molecule has 0 saturated heterocycles. The molecule has 0 spiro atoms. The number of hydrogen-bond donors (Lipinski definition) is 1. The summed E-state index contributed by atoms with van der Waals surface area (Å²) in [5.41, 5.74) is 3.66. The second kappa shape index (κ2) is 11.5.